The van der Waals surface area contributed by atoms with E-state index in [4.69, 9.17) is 0 Å². The third-order valence-corrected chi connectivity index (χ3v) is 2.23. The first-order valence-electron chi connectivity index (χ1n) is 5.18. The highest BCUT2D eigenvalue weighted by atomic mass is 16.1. The predicted octanol–water partition coefficient (Wildman–Crippen LogP) is 2.51. The van der Waals surface area contributed by atoms with Gasteiger partial charge in [-0.1, -0.05) is 12.7 Å². The van der Waals surface area contributed by atoms with Gasteiger partial charge in [-0.3, -0.25) is 9.79 Å². The van der Waals surface area contributed by atoms with Crippen LogP contribution in [0.25, 0.3) is 0 Å². The second-order valence-corrected chi connectivity index (χ2v) is 3.43. The summed E-state index contributed by atoms with van der Waals surface area (Å²) in [6, 6.07) is 3.45. The molecule has 17 heavy (non-hydrogen) atoms. The van der Waals surface area contributed by atoms with Crippen molar-refractivity contribution in [2.24, 2.45) is 9.98 Å². The van der Waals surface area contributed by atoms with Crippen LogP contribution in [0.3, 0.4) is 0 Å². The normalized spacial score (nSPS) is 17.2. The molecule has 0 aromatic carbocycles. The summed E-state index contributed by atoms with van der Waals surface area (Å²) in [7, 11) is 0. The first-order valence-corrected chi connectivity index (χ1v) is 5.18. The van der Waals surface area contributed by atoms with Crippen LogP contribution in [0, 0.1) is 0 Å². The molecule has 0 spiro atoms. The first kappa shape index (κ1) is 11.1. The molecule has 1 aliphatic rings. The number of hydrogen-bond donors (Lipinski definition) is 0. The SMILES string of the molecule is C=C/C=C\N=C1C=Nc2ncccc2C(=O)C1. The molecule has 0 N–H and O–H groups in total. The van der Waals surface area contributed by atoms with E-state index in [0.29, 0.717) is 17.1 Å². The standard InChI is InChI=1S/C13H11N3O/c1-2-3-6-14-10-8-12(17)11-5-4-7-15-13(11)16-9-10/h2-7,9H,1,8H2/b6-3-,14-10?. The average Bonchev–Trinajstić information content (AvgIpc) is 2.50. The van der Waals surface area contributed by atoms with Gasteiger partial charge in [0.05, 0.1) is 23.9 Å². The fraction of sp³-hybridized carbons (Fsp3) is 0.0769. The van der Waals surface area contributed by atoms with Crippen LogP contribution < -0.4 is 0 Å². The Hall–Kier alpha value is -2.36. The lowest BCUT2D eigenvalue weighted by atomic mass is 10.1. The largest absolute Gasteiger partial charge is 0.294 e. The predicted molar refractivity (Wildman–Crippen MR) is 68.1 cm³/mol. The quantitative estimate of drug-likeness (QED) is 0.726. The van der Waals surface area contributed by atoms with Gasteiger partial charge in [-0.15, -0.1) is 0 Å². The molecule has 2 rings (SSSR count). The van der Waals surface area contributed by atoms with Gasteiger partial charge in [0.1, 0.15) is 0 Å². The molecule has 1 aromatic rings. The molecule has 0 aliphatic carbocycles. The number of hydrogen-bond acceptors (Lipinski definition) is 4. The number of nitrogens with zero attached hydrogens (tertiary/aromatic N) is 3. The molecule has 4 nitrogen and oxygen atoms in total. The Morgan fingerprint density at radius 3 is 3.18 bits per heavy atom. The number of rotatable bonds is 2. The summed E-state index contributed by atoms with van der Waals surface area (Å²) in [5.74, 6) is 0.437. The van der Waals surface area contributed by atoms with Gasteiger partial charge >= 0.3 is 0 Å². The molecule has 1 aliphatic heterocycles. The zero-order chi connectivity index (χ0) is 12.1. The summed E-state index contributed by atoms with van der Waals surface area (Å²) in [4.78, 5) is 24.2. The highest BCUT2D eigenvalue weighted by molar-refractivity contribution is 6.37. The molecule has 84 valence electrons. The number of fused-ring (bicyclic) bond motifs is 1. The van der Waals surface area contributed by atoms with Gasteiger partial charge in [-0.05, 0) is 18.2 Å². The zero-order valence-corrected chi connectivity index (χ0v) is 9.21. The molecular weight excluding hydrogens is 214 g/mol. The molecule has 4 heteroatoms. The molecule has 0 radical (unpaired) electrons. The molecule has 0 saturated heterocycles. The smallest absolute Gasteiger partial charge is 0.172 e. The molecule has 0 fully saturated rings. The molecule has 0 unspecified atom stereocenters. The molecular formula is C13H11N3O. The highest BCUT2D eigenvalue weighted by Crippen LogP contribution is 2.19. The fourth-order valence-corrected chi connectivity index (χ4v) is 1.44. The van der Waals surface area contributed by atoms with E-state index in [0.717, 1.165) is 0 Å². The maximum Gasteiger partial charge on any atom is 0.172 e. The van der Waals surface area contributed by atoms with Crippen molar-refractivity contribution in [2.75, 3.05) is 0 Å². The van der Waals surface area contributed by atoms with Crippen LogP contribution in [0.5, 0.6) is 0 Å². The molecule has 0 bridgehead atoms. The van der Waals surface area contributed by atoms with Crippen molar-refractivity contribution in [1.29, 1.82) is 0 Å². The van der Waals surface area contributed by atoms with E-state index in [-0.39, 0.29) is 12.2 Å². The average molecular weight is 225 g/mol. The maximum absolute atomic E-state index is 11.9. The lowest BCUT2D eigenvalue weighted by molar-refractivity contribution is 0.100. The van der Waals surface area contributed by atoms with Gasteiger partial charge in [0.15, 0.2) is 11.6 Å². The molecule has 0 amide bonds. The minimum atomic E-state index is -0.0173. The van der Waals surface area contributed by atoms with E-state index in [9.17, 15) is 4.79 Å². The first-order chi connectivity index (χ1) is 8.31. The Balaban J connectivity index is 2.32. The van der Waals surface area contributed by atoms with Crippen molar-refractivity contribution in [3.8, 4) is 0 Å². The molecule has 0 saturated carbocycles. The topological polar surface area (TPSA) is 54.7 Å². The Morgan fingerprint density at radius 1 is 1.47 bits per heavy atom. The van der Waals surface area contributed by atoms with Gasteiger partial charge in [0.2, 0.25) is 0 Å². The molecule has 1 aromatic heterocycles. The highest BCUT2D eigenvalue weighted by Gasteiger charge is 2.16. The van der Waals surface area contributed by atoms with Crippen LogP contribution in [0.2, 0.25) is 0 Å². The summed E-state index contributed by atoms with van der Waals surface area (Å²) in [6.45, 7) is 3.54. The van der Waals surface area contributed by atoms with E-state index >= 15 is 0 Å². The van der Waals surface area contributed by atoms with E-state index in [2.05, 4.69) is 21.5 Å². The molecule has 2 heterocycles. The van der Waals surface area contributed by atoms with Gasteiger partial charge in [0, 0.05) is 12.4 Å². The summed E-state index contributed by atoms with van der Waals surface area (Å²) < 4.78 is 0. The summed E-state index contributed by atoms with van der Waals surface area (Å²) in [5, 5.41) is 0. The molecule has 0 atom stereocenters. The van der Waals surface area contributed by atoms with Crippen LogP contribution >= 0.6 is 0 Å². The van der Waals surface area contributed by atoms with Crippen LogP contribution in [0.4, 0.5) is 5.82 Å². The van der Waals surface area contributed by atoms with Crippen LogP contribution in [0.1, 0.15) is 16.8 Å². The fourth-order valence-electron chi connectivity index (χ4n) is 1.44. The van der Waals surface area contributed by atoms with Gasteiger partial charge < -0.3 is 0 Å². The monoisotopic (exact) mass is 225 g/mol. The van der Waals surface area contributed by atoms with Gasteiger partial charge in [-0.2, -0.15) is 0 Å². The number of carbonyl (C=O) groups excluding carboxylic acids is 1. The van der Waals surface area contributed by atoms with E-state index < -0.39 is 0 Å². The summed E-state index contributed by atoms with van der Waals surface area (Å²) in [6.07, 6.45) is 8.33. The minimum absolute atomic E-state index is 0.0173. The van der Waals surface area contributed by atoms with Gasteiger partial charge in [-0.25, -0.2) is 9.98 Å². The summed E-state index contributed by atoms with van der Waals surface area (Å²) in [5.41, 5.74) is 1.16. The number of aromatic nitrogens is 1. The van der Waals surface area contributed by atoms with Crippen molar-refractivity contribution in [1.82, 2.24) is 4.98 Å². The Morgan fingerprint density at radius 2 is 2.35 bits per heavy atom. The number of ketones is 1. The Labute approximate surface area is 99.1 Å². The second-order valence-electron chi connectivity index (χ2n) is 3.43. The number of aliphatic imine (C=N–C) groups is 2. The Kier molecular flexibility index (Phi) is 3.35. The van der Waals surface area contributed by atoms with Gasteiger partial charge in [0.25, 0.3) is 0 Å². The van der Waals surface area contributed by atoms with E-state index in [1.165, 1.54) is 0 Å². The third-order valence-electron chi connectivity index (χ3n) is 2.23. The van der Waals surface area contributed by atoms with Crippen molar-refractivity contribution in [3.63, 3.8) is 0 Å². The van der Waals surface area contributed by atoms with Crippen molar-refractivity contribution in [3.05, 3.63) is 48.8 Å². The van der Waals surface area contributed by atoms with Crippen molar-refractivity contribution < 1.29 is 4.79 Å². The zero-order valence-electron chi connectivity index (χ0n) is 9.21. The lowest BCUT2D eigenvalue weighted by Crippen LogP contribution is -2.06. The number of carbonyl (C=O) groups is 1. The van der Waals surface area contributed by atoms with Crippen molar-refractivity contribution >= 4 is 23.5 Å². The Bertz CT molecular complexity index is 541. The summed E-state index contributed by atoms with van der Waals surface area (Å²) >= 11 is 0. The van der Waals surface area contributed by atoms with Crippen molar-refractivity contribution in [2.45, 2.75) is 6.42 Å². The van der Waals surface area contributed by atoms with E-state index in [1.807, 2.05) is 0 Å². The maximum atomic E-state index is 11.9. The van der Waals surface area contributed by atoms with Crippen LogP contribution in [-0.4, -0.2) is 22.7 Å². The van der Waals surface area contributed by atoms with E-state index in [1.54, 1.807) is 42.9 Å². The van der Waals surface area contributed by atoms with Crippen LogP contribution in [0.15, 0.2) is 53.2 Å². The minimum Gasteiger partial charge on any atom is -0.294 e. The number of Topliss-reactive ketones (excluding diaryl/α,β-unsaturated/α-hetero) is 1. The second kappa shape index (κ2) is 5.12. The van der Waals surface area contributed by atoms with Crippen LogP contribution in [-0.2, 0) is 0 Å². The number of pyridine rings is 1. The number of allylic oxidation sites excluding steroid dienone is 2. The third kappa shape index (κ3) is 2.60. The lowest BCUT2D eigenvalue weighted by Gasteiger charge is -1.98.